The van der Waals surface area contributed by atoms with Gasteiger partial charge in [0.15, 0.2) is 0 Å². The van der Waals surface area contributed by atoms with Crippen LogP contribution >= 0.6 is 0 Å². The SMILES string of the molecule is CN(C)CC1CC(O)CN1C(=O)C1CC12CCNCC2. The van der Waals surface area contributed by atoms with Crippen LogP contribution in [0.1, 0.15) is 25.7 Å². The number of β-amino-alcohol motifs (C(OH)–C–C–N with tert-alkyl or cyclic N) is 1. The van der Waals surface area contributed by atoms with E-state index < -0.39 is 0 Å². The fourth-order valence-electron chi connectivity index (χ4n) is 4.13. The summed E-state index contributed by atoms with van der Waals surface area (Å²) in [6.07, 6.45) is 3.72. The van der Waals surface area contributed by atoms with Gasteiger partial charge in [0.25, 0.3) is 0 Å². The average molecular weight is 281 g/mol. The van der Waals surface area contributed by atoms with Crippen LogP contribution in [-0.4, -0.2) is 73.2 Å². The number of carbonyl (C=O) groups is 1. The summed E-state index contributed by atoms with van der Waals surface area (Å²) in [6, 6.07) is 0.187. The average Bonchev–Trinajstić information content (AvgIpc) is 2.95. The van der Waals surface area contributed by atoms with E-state index in [1.165, 1.54) is 0 Å². The maximum absolute atomic E-state index is 12.8. The molecule has 3 unspecified atom stereocenters. The first kappa shape index (κ1) is 14.3. The van der Waals surface area contributed by atoms with E-state index in [2.05, 4.69) is 10.2 Å². The Morgan fingerprint density at radius 3 is 2.75 bits per heavy atom. The molecule has 1 saturated carbocycles. The van der Waals surface area contributed by atoms with Crippen LogP contribution in [-0.2, 0) is 4.79 Å². The molecular weight excluding hydrogens is 254 g/mol. The number of likely N-dealkylation sites (N-methyl/N-ethyl adjacent to an activating group) is 1. The molecule has 0 aromatic carbocycles. The zero-order chi connectivity index (χ0) is 14.3. The molecule has 3 aliphatic rings. The number of rotatable bonds is 3. The first-order chi connectivity index (χ1) is 9.52. The number of aliphatic hydroxyl groups is 1. The molecule has 0 aromatic heterocycles. The van der Waals surface area contributed by atoms with Crippen molar-refractivity contribution in [3.05, 3.63) is 0 Å². The van der Waals surface area contributed by atoms with Gasteiger partial charge >= 0.3 is 0 Å². The smallest absolute Gasteiger partial charge is 0.226 e. The third-order valence-electron chi connectivity index (χ3n) is 5.34. The van der Waals surface area contributed by atoms with E-state index in [0.29, 0.717) is 17.9 Å². The molecule has 20 heavy (non-hydrogen) atoms. The fourth-order valence-corrected chi connectivity index (χ4v) is 4.13. The molecule has 0 radical (unpaired) electrons. The number of nitrogens with zero attached hydrogens (tertiary/aromatic N) is 2. The molecule has 2 aliphatic heterocycles. The van der Waals surface area contributed by atoms with E-state index in [1.807, 2.05) is 19.0 Å². The minimum absolute atomic E-state index is 0.187. The van der Waals surface area contributed by atoms with E-state index in [1.54, 1.807) is 0 Å². The summed E-state index contributed by atoms with van der Waals surface area (Å²) in [5.41, 5.74) is 0.290. The molecule has 3 rings (SSSR count). The second kappa shape index (κ2) is 5.28. The van der Waals surface area contributed by atoms with Crippen LogP contribution in [0.15, 0.2) is 0 Å². The van der Waals surface area contributed by atoms with Gasteiger partial charge in [0.1, 0.15) is 0 Å². The Balaban J connectivity index is 1.64. The maximum atomic E-state index is 12.8. The standard InChI is InChI=1S/C15H27N3O2/c1-17(2)9-11-7-12(19)10-18(11)14(20)13-8-15(13)3-5-16-6-4-15/h11-13,16,19H,3-10H2,1-2H3. The van der Waals surface area contributed by atoms with Crippen LogP contribution in [0.25, 0.3) is 0 Å². The molecular formula is C15H27N3O2. The van der Waals surface area contributed by atoms with Crippen LogP contribution in [0.5, 0.6) is 0 Å². The van der Waals surface area contributed by atoms with Gasteiger partial charge in [-0.05, 0) is 58.3 Å². The number of hydrogen-bond acceptors (Lipinski definition) is 4. The van der Waals surface area contributed by atoms with Gasteiger partial charge < -0.3 is 20.2 Å². The van der Waals surface area contributed by atoms with Crippen LogP contribution in [0.3, 0.4) is 0 Å². The summed E-state index contributed by atoms with van der Waals surface area (Å²) >= 11 is 0. The monoisotopic (exact) mass is 281 g/mol. The third kappa shape index (κ3) is 2.59. The first-order valence-electron chi connectivity index (χ1n) is 7.86. The molecule has 3 fully saturated rings. The fraction of sp³-hybridized carbons (Fsp3) is 0.933. The predicted molar refractivity (Wildman–Crippen MR) is 77.3 cm³/mol. The highest BCUT2D eigenvalue weighted by molar-refractivity contribution is 5.83. The number of amides is 1. The van der Waals surface area contributed by atoms with Gasteiger partial charge in [-0.15, -0.1) is 0 Å². The zero-order valence-corrected chi connectivity index (χ0v) is 12.6. The quantitative estimate of drug-likeness (QED) is 0.758. The van der Waals surface area contributed by atoms with E-state index in [-0.39, 0.29) is 18.1 Å². The summed E-state index contributed by atoms with van der Waals surface area (Å²) in [5, 5.41) is 13.3. The highest BCUT2D eigenvalue weighted by Gasteiger charge is 2.59. The van der Waals surface area contributed by atoms with Gasteiger partial charge in [0, 0.05) is 25.0 Å². The Kier molecular flexibility index (Phi) is 3.77. The number of aliphatic hydroxyl groups excluding tert-OH is 1. The number of nitrogens with one attached hydrogen (secondary N) is 1. The van der Waals surface area contributed by atoms with Crippen molar-refractivity contribution in [1.29, 1.82) is 0 Å². The van der Waals surface area contributed by atoms with Gasteiger partial charge in [-0.25, -0.2) is 0 Å². The zero-order valence-electron chi connectivity index (χ0n) is 12.6. The van der Waals surface area contributed by atoms with Gasteiger partial charge in [-0.3, -0.25) is 4.79 Å². The normalized spacial score (nSPS) is 35.8. The molecule has 114 valence electrons. The van der Waals surface area contributed by atoms with Crippen LogP contribution in [0.2, 0.25) is 0 Å². The Morgan fingerprint density at radius 1 is 1.40 bits per heavy atom. The molecule has 2 N–H and O–H groups in total. The lowest BCUT2D eigenvalue weighted by molar-refractivity contribution is -0.135. The van der Waals surface area contributed by atoms with Crippen molar-refractivity contribution in [2.24, 2.45) is 11.3 Å². The van der Waals surface area contributed by atoms with Crippen LogP contribution in [0.4, 0.5) is 0 Å². The Bertz CT molecular complexity index is 379. The van der Waals surface area contributed by atoms with Gasteiger partial charge in [0.2, 0.25) is 5.91 Å². The highest BCUT2D eigenvalue weighted by Crippen LogP contribution is 2.59. The topological polar surface area (TPSA) is 55.8 Å². The summed E-state index contributed by atoms with van der Waals surface area (Å²) in [5.74, 6) is 0.523. The molecule has 5 nitrogen and oxygen atoms in total. The second-order valence-electron chi connectivity index (χ2n) is 7.17. The number of likely N-dealkylation sites (tertiary alicyclic amines) is 1. The molecule has 0 bridgehead atoms. The van der Waals surface area contributed by atoms with Crippen LogP contribution < -0.4 is 5.32 Å². The lowest BCUT2D eigenvalue weighted by Crippen LogP contribution is -2.43. The Hall–Kier alpha value is -0.650. The number of hydrogen-bond donors (Lipinski definition) is 2. The summed E-state index contributed by atoms with van der Waals surface area (Å²) in [6.45, 7) is 3.48. The van der Waals surface area contributed by atoms with Crippen molar-refractivity contribution in [1.82, 2.24) is 15.1 Å². The molecule has 0 aromatic rings. The minimum Gasteiger partial charge on any atom is -0.391 e. The predicted octanol–water partition coefficient (Wildman–Crippen LogP) is -0.100. The third-order valence-corrected chi connectivity index (χ3v) is 5.34. The summed E-state index contributed by atoms with van der Waals surface area (Å²) in [4.78, 5) is 16.9. The maximum Gasteiger partial charge on any atom is 0.226 e. The van der Waals surface area contributed by atoms with E-state index in [0.717, 1.165) is 45.3 Å². The first-order valence-corrected chi connectivity index (χ1v) is 7.86. The van der Waals surface area contributed by atoms with E-state index in [9.17, 15) is 9.90 Å². The Labute approximate surface area is 121 Å². The molecule has 5 heteroatoms. The lowest BCUT2D eigenvalue weighted by atomic mass is 9.91. The number of carbonyl (C=O) groups excluding carboxylic acids is 1. The van der Waals surface area contributed by atoms with Crippen molar-refractivity contribution in [2.45, 2.75) is 37.8 Å². The summed E-state index contributed by atoms with van der Waals surface area (Å²) in [7, 11) is 4.05. The van der Waals surface area contributed by atoms with Crippen LogP contribution in [0, 0.1) is 11.3 Å². The van der Waals surface area contributed by atoms with Crippen molar-refractivity contribution >= 4 is 5.91 Å². The van der Waals surface area contributed by atoms with Gasteiger partial charge in [0.05, 0.1) is 6.10 Å². The van der Waals surface area contributed by atoms with Gasteiger partial charge in [-0.1, -0.05) is 0 Å². The molecule has 3 atom stereocenters. The highest BCUT2D eigenvalue weighted by atomic mass is 16.3. The molecule has 1 spiro atoms. The van der Waals surface area contributed by atoms with Crippen molar-refractivity contribution < 1.29 is 9.90 Å². The van der Waals surface area contributed by atoms with Crippen molar-refractivity contribution in [2.75, 3.05) is 40.3 Å². The minimum atomic E-state index is -0.341. The molecule has 2 heterocycles. The summed E-state index contributed by atoms with van der Waals surface area (Å²) < 4.78 is 0. The second-order valence-corrected chi connectivity index (χ2v) is 7.17. The molecule has 1 aliphatic carbocycles. The number of piperidine rings is 1. The largest absolute Gasteiger partial charge is 0.391 e. The van der Waals surface area contributed by atoms with Gasteiger partial charge in [-0.2, -0.15) is 0 Å². The molecule has 2 saturated heterocycles. The van der Waals surface area contributed by atoms with E-state index in [4.69, 9.17) is 0 Å². The lowest BCUT2D eigenvalue weighted by Gasteiger charge is -2.29. The van der Waals surface area contributed by atoms with Crippen molar-refractivity contribution in [3.8, 4) is 0 Å². The van der Waals surface area contributed by atoms with E-state index >= 15 is 0 Å². The van der Waals surface area contributed by atoms with Crippen molar-refractivity contribution in [3.63, 3.8) is 0 Å². The molecule has 1 amide bonds. The Morgan fingerprint density at radius 2 is 2.10 bits per heavy atom.